The fourth-order valence-electron chi connectivity index (χ4n) is 1.54. The van der Waals surface area contributed by atoms with Crippen LogP contribution in [0.2, 0.25) is 5.02 Å². The lowest BCUT2D eigenvalue weighted by molar-refractivity contribution is -0.143. The molecular weight excluding hydrogens is 302 g/mol. The number of methoxy groups -OCH3 is 1. The molecule has 20 heavy (non-hydrogen) atoms. The molecule has 7 heteroatoms. The standard InChI is InChI=1S/C13H10ClNO4S/c1-19-11(16)7-15-12(17)10(20-13(15)18)6-8-2-4-9(14)5-3-8/h2-6H,7H2,1H3/b10-6-. The molecule has 0 bridgehead atoms. The summed E-state index contributed by atoms with van der Waals surface area (Å²) in [4.78, 5) is 36.0. The number of ether oxygens (including phenoxy) is 1. The van der Waals surface area contributed by atoms with Gasteiger partial charge in [-0.05, 0) is 35.5 Å². The number of benzene rings is 1. The first kappa shape index (κ1) is 14.6. The molecule has 1 aromatic rings. The van der Waals surface area contributed by atoms with E-state index in [9.17, 15) is 14.4 Å². The highest BCUT2D eigenvalue weighted by Gasteiger charge is 2.36. The molecule has 1 aliphatic rings. The molecule has 0 atom stereocenters. The number of carbonyl (C=O) groups is 3. The van der Waals surface area contributed by atoms with Gasteiger partial charge in [0.1, 0.15) is 6.54 Å². The van der Waals surface area contributed by atoms with Crippen LogP contribution in [-0.4, -0.2) is 35.7 Å². The van der Waals surface area contributed by atoms with E-state index in [0.29, 0.717) is 5.02 Å². The van der Waals surface area contributed by atoms with E-state index in [2.05, 4.69) is 4.74 Å². The molecule has 1 aromatic carbocycles. The highest BCUT2D eigenvalue weighted by Crippen LogP contribution is 2.32. The molecule has 0 spiro atoms. The number of halogens is 1. The summed E-state index contributed by atoms with van der Waals surface area (Å²) in [6.45, 7) is -0.376. The Kier molecular flexibility index (Phi) is 4.46. The van der Waals surface area contributed by atoms with Gasteiger partial charge < -0.3 is 4.74 Å². The fourth-order valence-corrected chi connectivity index (χ4v) is 2.50. The monoisotopic (exact) mass is 311 g/mol. The minimum absolute atomic E-state index is 0.265. The van der Waals surface area contributed by atoms with Crippen LogP contribution in [0.4, 0.5) is 4.79 Å². The third-order valence-electron chi connectivity index (χ3n) is 2.56. The number of carbonyl (C=O) groups excluding carboxylic acids is 3. The summed E-state index contributed by atoms with van der Waals surface area (Å²) in [5.41, 5.74) is 0.748. The normalized spacial score (nSPS) is 16.9. The van der Waals surface area contributed by atoms with Gasteiger partial charge >= 0.3 is 5.97 Å². The highest BCUT2D eigenvalue weighted by molar-refractivity contribution is 8.18. The van der Waals surface area contributed by atoms with Crippen LogP contribution in [0.25, 0.3) is 6.08 Å². The van der Waals surface area contributed by atoms with Gasteiger partial charge in [-0.3, -0.25) is 19.3 Å². The Balaban J connectivity index is 2.19. The van der Waals surface area contributed by atoms with Gasteiger partial charge in [-0.15, -0.1) is 0 Å². The third-order valence-corrected chi connectivity index (χ3v) is 3.72. The van der Waals surface area contributed by atoms with Gasteiger partial charge in [-0.25, -0.2) is 0 Å². The summed E-state index contributed by atoms with van der Waals surface area (Å²) in [6, 6.07) is 6.84. The molecule has 0 aliphatic carbocycles. The summed E-state index contributed by atoms with van der Waals surface area (Å²) in [7, 11) is 1.20. The SMILES string of the molecule is COC(=O)CN1C(=O)S/C(=C\c2ccc(Cl)cc2)C1=O. The molecule has 1 fully saturated rings. The molecule has 0 aromatic heterocycles. The summed E-state index contributed by atoms with van der Waals surface area (Å²) in [5, 5.41) is 0.0987. The Morgan fingerprint density at radius 2 is 2.00 bits per heavy atom. The van der Waals surface area contributed by atoms with Crippen molar-refractivity contribution < 1.29 is 19.1 Å². The van der Waals surface area contributed by atoms with Crippen LogP contribution in [0, 0.1) is 0 Å². The highest BCUT2D eigenvalue weighted by atomic mass is 35.5. The molecule has 0 radical (unpaired) electrons. The molecule has 1 saturated heterocycles. The Morgan fingerprint density at radius 1 is 1.35 bits per heavy atom. The number of rotatable bonds is 3. The van der Waals surface area contributed by atoms with Gasteiger partial charge in [0.05, 0.1) is 12.0 Å². The number of amides is 2. The second-order valence-electron chi connectivity index (χ2n) is 3.90. The summed E-state index contributed by atoms with van der Waals surface area (Å²) >= 11 is 6.56. The van der Waals surface area contributed by atoms with Crippen molar-refractivity contribution in [2.75, 3.05) is 13.7 Å². The van der Waals surface area contributed by atoms with E-state index >= 15 is 0 Å². The minimum Gasteiger partial charge on any atom is -0.468 e. The second-order valence-corrected chi connectivity index (χ2v) is 5.33. The van der Waals surface area contributed by atoms with Gasteiger partial charge in [-0.1, -0.05) is 23.7 Å². The van der Waals surface area contributed by atoms with Crippen molar-refractivity contribution in [1.82, 2.24) is 4.90 Å². The lowest BCUT2D eigenvalue weighted by Crippen LogP contribution is -2.34. The molecular formula is C13H10ClNO4S. The van der Waals surface area contributed by atoms with Crippen LogP contribution >= 0.6 is 23.4 Å². The van der Waals surface area contributed by atoms with Crippen molar-refractivity contribution in [2.45, 2.75) is 0 Å². The molecule has 0 N–H and O–H groups in total. The maximum Gasteiger partial charge on any atom is 0.325 e. The average Bonchev–Trinajstić information content (AvgIpc) is 2.69. The van der Waals surface area contributed by atoms with Crippen molar-refractivity contribution >= 4 is 46.6 Å². The summed E-state index contributed by atoms with van der Waals surface area (Å²) < 4.78 is 4.45. The molecule has 2 rings (SSSR count). The first-order chi connectivity index (χ1) is 9.51. The minimum atomic E-state index is -0.639. The van der Waals surface area contributed by atoms with Crippen molar-refractivity contribution in [3.8, 4) is 0 Å². The summed E-state index contributed by atoms with van der Waals surface area (Å²) in [5.74, 6) is -1.14. The zero-order valence-corrected chi connectivity index (χ0v) is 12.0. The van der Waals surface area contributed by atoms with Crippen LogP contribution in [0.3, 0.4) is 0 Å². The number of esters is 1. The summed E-state index contributed by atoms with van der Waals surface area (Å²) in [6.07, 6.45) is 1.58. The maximum atomic E-state index is 12.0. The average molecular weight is 312 g/mol. The fraction of sp³-hybridized carbons (Fsp3) is 0.154. The quantitative estimate of drug-likeness (QED) is 0.634. The first-order valence-corrected chi connectivity index (χ1v) is 6.78. The number of nitrogens with zero attached hydrogens (tertiary/aromatic N) is 1. The van der Waals surface area contributed by atoms with Crippen LogP contribution < -0.4 is 0 Å². The van der Waals surface area contributed by atoms with E-state index in [0.717, 1.165) is 22.2 Å². The van der Waals surface area contributed by atoms with Crippen molar-refractivity contribution in [3.63, 3.8) is 0 Å². The van der Waals surface area contributed by atoms with E-state index in [1.165, 1.54) is 7.11 Å². The van der Waals surface area contributed by atoms with Crippen molar-refractivity contribution in [3.05, 3.63) is 39.8 Å². The predicted molar refractivity (Wildman–Crippen MR) is 76.1 cm³/mol. The molecule has 104 valence electrons. The lowest BCUT2D eigenvalue weighted by atomic mass is 10.2. The van der Waals surface area contributed by atoms with Gasteiger partial charge in [0.15, 0.2) is 0 Å². The van der Waals surface area contributed by atoms with Crippen molar-refractivity contribution in [1.29, 1.82) is 0 Å². The molecule has 0 unspecified atom stereocenters. The van der Waals surface area contributed by atoms with Crippen LogP contribution in [0.5, 0.6) is 0 Å². The van der Waals surface area contributed by atoms with E-state index < -0.39 is 17.1 Å². The lowest BCUT2D eigenvalue weighted by Gasteiger charge is -2.09. The zero-order valence-electron chi connectivity index (χ0n) is 10.5. The predicted octanol–water partition coefficient (Wildman–Crippen LogP) is 2.55. The third kappa shape index (κ3) is 3.20. The van der Waals surface area contributed by atoms with E-state index in [1.807, 2.05) is 0 Å². The second kappa shape index (κ2) is 6.11. The first-order valence-electron chi connectivity index (χ1n) is 5.59. The smallest absolute Gasteiger partial charge is 0.325 e. The molecule has 1 aliphatic heterocycles. The van der Waals surface area contributed by atoms with Gasteiger partial charge in [0.2, 0.25) is 0 Å². The van der Waals surface area contributed by atoms with Crippen LogP contribution in [0.1, 0.15) is 5.56 Å². The van der Waals surface area contributed by atoms with Crippen LogP contribution in [0.15, 0.2) is 29.2 Å². The van der Waals surface area contributed by atoms with E-state index in [1.54, 1.807) is 30.3 Å². The molecule has 0 saturated carbocycles. The maximum absolute atomic E-state index is 12.0. The molecule has 2 amide bonds. The van der Waals surface area contributed by atoms with Crippen LogP contribution in [-0.2, 0) is 14.3 Å². The van der Waals surface area contributed by atoms with Gasteiger partial charge in [0, 0.05) is 5.02 Å². The Labute approximate surface area is 124 Å². The largest absolute Gasteiger partial charge is 0.468 e. The topological polar surface area (TPSA) is 63.7 Å². The van der Waals surface area contributed by atoms with E-state index in [4.69, 9.17) is 11.6 Å². The number of thioether (sulfide) groups is 1. The number of hydrogen-bond acceptors (Lipinski definition) is 5. The molecule has 1 heterocycles. The number of hydrogen-bond donors (Lipinski definition) is 0. The Morgan fingerprint density at radius 3 is 2.60 bits per heavy atom. The van der Waals surface area contributed by atoms with E-state index in [-0.39, 0.29) is 11.4 Å². The number of imide groups is 1. The van der Waals surface area contributed by atoms with Gasteiger partial charge in [-0.2, -0.15) is 0 Å². The van der Waals surface area contributed by atoms with Crippen molar-refractivity contribution in [2.24, 2.45) is 0 Å². The Bertz CT molecular complexity index is 597. The molecule has 5 nitrogen and oxygen atoms in total. The van der Waals surface area contributed by atoms with Gasteiger partial charge in [0.25, 0.3) is 11.1 Å². The zero-order chi connectivity index (χ0) is 14.7. The Hall–Kier alpha value is -1.79.